The van der Waals surface area contributed by atoms with Crippen molar-refractivity contribution < 1.29 is 33.3 Å². The Hall–Kier alpha value is -4.66. The number of benzene rings is 3. The molecule has 3 aromatic carbocycles. The third-order valence-corrected chi connectivity index (χ3v) is 7.94. The van der Waals surface area contributed by atoms with Gasteiger partial charge < -0.3 is 29.0 Å². The minimum Gasteiger partial charge on any atom is -0.493 e. The van der Waals surface area contributed by atoms with Gasteiger partial charge in [0.2, 0.25) is 11.7 Å². The van der Waals surface area contributed by atoms with Crippen LogP contribution in [0.4, 0.5) is 11.4 Å². The molecule has 220 valence electrons. The molecule has 0 unspecified atom stereocenters. The number of para-hydroxylation sites is 2. The number of allylic oxidation sites excluding steroid dienone is 1. The van der Waals surface area contributed by atoms with E-state index in [4.69, 9.17) is 23.7 Å². The number of carbonyl (C=O) groups is 2. The Bertz CT molecular complexity index is 1520. The Morgan fingerprint density at radius 3 is 2.07 bits per heavy atom. The second kappa shape index (κ2) is 12.1. The molecule has 1 aliphatic heterocycles. The number of hydrogen-bond donors (Lipinski definition) is 1. The van der Waals surface area contributed by atoms with Gasteiger partial charge in [-0.1, -0.05) is 25.1 Å². The zero-order chi connectivity index (χ0) is 30.0. The molecular formula is C33H36N2O7. The minimum absolute atomic E-state index is 0.0519. The van der Waals surface area contributed by atoms with Crippen molar-refractivity contribution in [1.29, 1.82) is 0 Å². The number of anilines is 2. The molecule has 9 heteroatoms. The zero-order valence-corrected chi connectivity index (χ0v) is 24.8. The fourth-order valence-corrected chi connectivity index (χ4v) is 5.95. The van der Waals surface area contributed by atoms with Gasteiger partial charge in [-0.15, -0.1) is 0 Å². The summed E-state index contributed by atoms with van der Waals surface area (Å²) in [5.74, 6) is 2.32. The smallest absolute Gasteiger partial charge is 0.227 e. The molecular weight excluding hydrogens is 536 g/mol. The van der Waals surface area contributed by atoms with E-state index in [-0.39, 0.29) is 30.4 Å². The molecule has 0 spiro atoms. The van der Waals surface area contributed by atoms with E-state index in [1.165, 1.54) is 0 Å². The first-order valence-corrected chi connectivity index (χ1v) is 13.8. The Labute approximate surface area is 246 Å². The maximum atomic E-state index is 14.3. The molecule has 0 saturated carbocycles. The highest BCUT2D eigenvalue weighted by atomic mass is 16.5. The standard InChI is InChI=1S/C33H36N2O7/c1-7-30(37)35-24-11-9-8-10-22(24)34-23-14-20(21-17-28(40-4)33(42-6)29(18-21)41-5)15-25(36)31(23)32(35)19-12-13-26(38-2)27(16-19)39-3/h8-13,16-18,20,32,34H,7,14-15H2,1-6H3/t20-,32-/m1/s1. The van der Waals surface area contributed by atoms with Gasteiger partial charge >= 0.3 is 0 Å². The van der Waals surface area contributed by atoms with Crippen LogP contribution < -0.4 is 33.9 Å². The van der Waals surface area contributed by atoms with Crippen molar-refractivity contribution in [3.05, 3.63) is 77.0 Å². The number of ketones is 1. The van der Waals surface area contributed by atoms with Crippen LogP contribution in [0.1, 0.15) is 49.3 Å². The van der Waals surface area contributed by atoms with Gasteiger partial charge in [-0.3, -0.25) is 14.5 Å². The van der Waals surface area contributed by atoms with Crippen molar-refractivity contribution in [2.75, 3.05) is 45.8 Å². The lowest BCUT2D eigenvalue weighted by Gasteiger charge is -2.35. The average molecular weight is 573 g/mol. The monoisotopic (exact) mass is 572 g/mol. The Morgan fingerprint density at radius 1 is 0.810 bits per heavy atom. The van der Waals surface area contributed by atoms with Gasteiger partial charge in [-0.05, 0) is 59.9 Å². The number of amides is 1. The number of rotatable bonds is 8. The molecule has 5 rings (SSSR count). The number of carbonyl (C=O) groups excluding carboxylic acids is 2. The highest BCUT2D eigenvalue weighted by Crippen LogP contribution is 2.50. The molecule has 1 aliphatic carbocycles. The van der Waals surface area contributed by atoms with E-state index in [0.717, 1.165) is 22.5 Å². The molecule has 9 nitrogen and oxygen atoms in total. The first kappa shape index (κ1) is 28.9. The maximum Gasteiger partial charge on any atom is 0.227 e. The summed E-state index contributed by atoms with van der Waals surface area (Å²) in [7, 11) is 7.85. The second-order valence-electron chi connectivity index (χ2n) is 10.2. The first-order chi connectivity index (χ1) is 20.4. The zero-order valence-electron chi connectivity index (χ0n) is 24.8. The SMILES string of the molecule is CCC(=O)N1c2ccccc2NC2=C(C(=O)C[C@H](c3cc(OC)c(OC)c(OC)c3)C2)[C@H]1c1ccc(OC)c(OC)c1. The quantitative estimate of drug-likeness (QED) is 0.349. The van der Waals surface area contributed by atoms with Gasteiger partial charge in [-0.2, -0.15) is 0 Å². The molecule has 42 heavy (non-hydrogen) atoms. The number of methoxy groups -OCH3 is 5. The van der Waals surface area contributed by atoms with Crippen molar-refractivity contribution >= 4 is 23.1 Å². The van der Waals surface area contributed by atoms with Gasteiger partial charge in [0.15, 0.2) is 28.8 Å². The molecule has 0 bridgehead atoms. The van der Waals surface area contributed by atoms with Crippen LogP contribution in [0, 0.1) is 0 Å². The van der Waals surface area contributed by atoms with Crippen LogP contribution >= 0.6 is 0 Å². The molecule has 0 aromatic heterocycles. The van der Waals surface area contributed by atoms with Gasteiger partial charge in [0.1, 0.15) is 0 Å². The van der Waals surface area contributed by atoms with E-state index in [9.17, 15) is 9.59 Å². The van der Waals surface area contributed by atoms with Crippen LogP contribution in [0.2, 0.25) is 0 Å². The fourth-order valence-electron chi connectivity index (χ4n) is 5.95. The Kier molecular flexibility index (Phi) is 8.29. The molecule has 0 saturated heterocycles. The molecule has 1 heterocycles. The van der Waals surface area contributed by atoms with Crippen molar-refractivity contribution in [1.82, 2.24) is 0 Å². The largest absolute Gasteiger partial charge is 0.493 e. The number of hydrogen-bond acceptors (Lipinski definition) is 8. The van der Waals surface area contributed by atoms with E-state index >= 15 is 0 Å². The van der Waals surface area contributed by atoms with E-state index in [1.54, 1.807) is 46.5 Å². The van der Waals surface area contributed by atoms with Crippen molar-refractivity contribution in [3.8, 4) is 28.7 Å². The molecule has 0 radical (unpaired) electrons. The van der Waals surface area contributed by atoms with Crippen LogP contribution in [0.3, 0.4) is 0 Å². The summed E-state index contributed by atoms with van der Waals surface area (Å²) in [5.41, 5.74) is 4.43. The topological polar surface area (TPSA) is 95.6 Å². The molecule has 1 N–H and O–H groups in total. The predicted molar refractivity (Wildman–Crippen MR) is 160 cm³/mol. The molecule has 3 aromatic rings. The van der Waals surface area contributed by atoms with Crippen LogP contribution in [0.5, 0.6) is 28.7 Å². The van der Waals surface area contributed by atoms with Gasteiger partial charge in [-0.25, -0.2) is 0 Å². The molecule has 1 amide bonds. The summed E-state index contributed by atoms with van der Waals surface area (Å²) in [5, 5.41) is 3.55. The fraction of sp³-hybridized carbons (Fsp3) is 0.333. The van der Waals surface area contributed by atoms with Crippen LogP contribution in [0.15, 0.2) is 65.9 Å². The van der Waals surface area contributed by atoms with Crippen molar-refractivity contribution in [3.63, 3.8) is 0 Å². The Morgan fingerprint density at radius 2 is 1.45 bits per heavy atom. The van der Waals surface area contributed by atoms with Crippen molar-refractivity contribution in [2.45, 2.75) is 38.1 Å². The van der Waals surface area contributed by atoms with E-state index in [2.05, 4.69) is 5.32 Å². The average Bonchev–Trinajstić information content (AvgIpc) is 3.17. The summed E-state index contributed by atoms with van der Waals surface area (Å²) in [6.45, 7) is 1.83. The third-order valence-electron chi connectivity index (χ3n) is 7.94. The highest BCUT2D eigenvalue weighted by Gasteiger charge is 2.41. The molecule has 2 atom stereocenters. The lowest BCUT2D eigenvalue weighted by Crippen LogP contribution is -2.38. The summed E-state index contributed by atoms with van der Waals surface area (Å²) >= 11 is 0. The minimum atomic E-state index is -0.670. The van der Waals surface area contributed by atoms with Gasteiger partial charge in [0.25, 0.3) is 0 Å². The summed E-state index contributed by atoms with van der Waals surface area (Å²) < 4.78 is 27.8. The number of nitrogens with one attached hydrogen (secondary N) is 1. The van der Waals surface area contributed by atoms with Crippen LogP contribution in [0.25, 0.3) is 0 Å². The maximum absolute atomic E-state index is 14.3. The van der Waals surface area contributed by atoms with Crippen molar-refractivity contribution in [2.24, 2.45) is 0 Å². The van der Waals surface area contributed by atoms with E-state index in [1.807, 2.05) is 55.5 Å². The van der Waals surface area contributed by atoms with Crippen LogP contribution in [-0.2, 0) is 9.59 Å². The summed E-state index contributed by atoms with van der Waals surface area (Å²) in [4.78, 5) is 29.7. The molecule has 0 fully saturated rings. The number of nitrogens with zero attached hydrogens (tertiary/aromatic N) is 1. The van der Waals surface area contributed by atoms with Gasteiger partial charge in [0, 0.05) is 24.1 Å². The highest BCUT2D eigenvalue weighted by molar-refractivity contribution is 6.06. The normalized spacial score (nSPS) is 17.9. The Balaban J connectivity index is 1.70. The number of ether oxygens (including phenoxy) is 5. The lowest BCUT2D eigenvalue weighted by molar-refractivity contribution is -0.119. The van der Waals surface area contributed by atoms with Gasteiger partial charge in [0.05, 0.1) is 53.0 Å². The first-order valence-electron chi connectivity index (χ1n) is 13.8. The number of Topliss-reactive ketones (excluding diaryl/α,β-unsaturated/α-hetero) is 1. The summed E-state index contributed by atoms with van der Waals surface area (Å²) in [6.07, 6.45) is 1.04. The third kappa shape index (κ3) is 5.00. The second-order valence-corrected chi connectivity index (χ2v) is 10.2. The number of fused-ring (bicyclic) bond motifs is 1. The summed E-state index contributed by atoms with van der Waals surface area (Å²) in [6, 6.07) is 16.3. The van der Waals surface area contributed by atoms with E-state index < -0.39 is 6.04 Å². The predicted octanol–water partition coefficient (Wildman–Crippen LogP) is 6.04. The molecule has 2 aliphatic rings. The van der Waals surface area contributed by atoms with Crippen LogP contribution in [-0.4, -0.2) is 47.2 Å². The van der Waals surface area contributed by atoms with E-state index in [0.29, 0.717) is 46.4 Å². The lowest BCUT2D eigenvalue weighted by atomic mass is 9.78.